The van der Waals surface area contributed by atoms with E-state index in [0.29, 0.717) is 0 Å². The van der Waals surface area contributed by atoms with Crippen molar-refractivity contribution in [2.75, 3.05) is 31.1 Å². The van der Waals surface area contributed by atoms with E-state index < -0.39 is 0 Å². The first-order valence-corrected chi connectivity index (χ1v) is 12.0. The van der Waals surface area contributed by atoms with Crippen LogP contribution in [-0.4, -0.2) is 31.1 Å². The molecule has 2 aromatic carbocycles. The van der Waals surface area contributed by atoms with Crippen LogP contribution in [0.2, 0.25) is 0 Å². The summed E-state index contributed by atoms with van der Waals surface area (Å²) in [5.74, 6) is 0.807. The number of fused-ring (bicyclic) bond motifs is 2. The van der Waals surface area contributed by atoms with Gasteiger partial charge in [0.1, 0.15) is 24.4 Å². The van der Waals surface area contributed by atoms with Gasteiger partial charge in [-0.1, -0.05) is 0 Å². The summed E-state index contributed by atoms with van der Waals surface area (Å²) >= 11 is 0. The Morgan fingerprint density at radius 2 is 1.59 bits per heavy atom. The highest BCUT2D eigenvalue weighted by atomic mass is 16.6. The van der Waals surface area contributed by atoms with E-state index in [1.54, 1.807) is 12.1 Å². The molecule has 0 fully saturated rings. The minimum atomic E-state index is -0.347. The molecule has 34 heavy (non-hydrogen) atoms. The zero-order chi connectivity index (χ0) is 24.4. The summed E-state index contributed by atoms with van der Waals surface area (Å²) in [4.78, 5) is 13.3. The molecular formula is C28H32N3O3+. The molecule has 0 saturated heterocycles. The van der Waals surface area contributed by atoms with Crippen molar-refractivity contribution in [1.82, 2.24) is 4.58 Å². The number of nitrogens with zero attached hydrogens (tertiary/aromatic N) is 3. The molecule has 0 radical (unpaired) electrons. The summed E-state index contributed by atoms with van der Waals surface area (Å²) in [7, 11) is 0. The minimum Gasteiger partial charge on any atom is -0.456 e. The molecule has 1 aliphatic carbocycles. The Morgan fingerprint density at radius 1 is 0.882 bits per heavy atom. The van der Waals surface area contributed by atoms with E-state index in [9.17, 15) is 10.1 Å². The zero-order valence-corrected chi connectivity index (χ0v) is 20.6. The fraction of sp³-hybridized carbons (Fsp3) is 0.321. The highest BCUT2D eigenvalue weighted by Crippen LogP contribution is 2.42. The van der Waals surface area contributed by atoms with Crippen molar-refractivity contribution in [3.8, 4) is 22.5 Å². The van der Waals surface area contributed by atoms with Crippen LogP contribution in [0.4, 0.5) is 11.4 Å². The fourth-order valence-electron chi connectivity index (χ4n) is 4.77. The third-order valence-corrected chi connectivity index (χ3v) is 6.64. The van der Waals surface area contributed by atoms with Crippen molar-refractivity contribution in [1.29, 1.82) is 0 Å². The van der Waals surface area contributed by atoms with E-state index in [-0.39, 0.29) is 10.6 Å². The van der Waals surface area contributed by atoms with Crippen LogP contribution in [0.5, 0.6) is 0 Å². The van der Waals surface area contributed by atoms with Gasteiger partial charge in [-0.15, -0.1) is 0 Å². The van der Waals surface area contributed by atoms with Gasteiger partial charge >= 0.3 is 0 Å². The number of benzene rings is 3. The van der Waals surface area contributed by atoms with E-state index in [4.69, 9.17) is 4.42 Å². The van der Waals surface area contributed by atoms with E-state index in [0.717, 1.165) is 76.2 Å². The smallest absolute Gasteiger partial charge is 0.269 e. The number of hydrogen-bond donors (Lipinski definition) is 0. The van der Waals surface area contributed by atoms with Crippen molar-refractivity contribution in [3.63, 3.8) is 0 Å². The summed E-state index contributed by atoms with van der Waals surface area (Å²) in [5.41, 5.74) is 5.90. The van der Waals surface area contributed by atoms with Crippen molar-refractivity contribution >= 4 is 22.3 Å². The molecule has 0 atom stereocenters. The molecule has 2 aromatic rings. The highest BCUT2D eigenvalue weighted by molar-refractivity contribution is 6.03. The summed E-state index contributed by atoms with van der Waals surface area (Å²) in [6, 6.07) is 17.8. The molecule has 6 heteroatoms. The quantitative estimate of drug-likeness (QED) is 0.146. The minimum absolute atomic E-state index is 0.100. The van der Waals surface area contributed by atoms with E-state index in [1.165, 1.54) is 0 Å². The molecule has 6 nitrogen and oxygen atoms in total. The maximum absolute atomic E-state index is 11.3. The van der Waals surface area contributed by atoms with Gasteiger partial charge in [0.25, 0.3) is 5.69 Å². The van der Waals surface area contributed by atoms with Crippen LogP contribution in [0.15, 0.2) is 59.0 Å². The number of nitro groups is 1. The van der Waals surface area contributed by atoms with Crippen LogP contribution in [0.3, 0.4) is 0 Å². The molecule has 0 N–H and O–H groups in total. The van der Waals surface area contributed by atoms with E-state index in [2.05, 4.69) is 73.6 Å². The van der Waals surface area contributed by atoms with E-state index >= 15 is 0 Å². The van der Waals surface area contributed by atoms with Crippen LogP contribution in [0.1, 0.15) is 33.3 Å². The molecule has 0 aromatic heterocycles. The normalized spacial score (nSPS) is 11.2. The van der Waals surface area contributed by atoms with Crippen molar-refractivity contribution in [2.45, 2.75) is 34.6 Å². The van der Waals surface area contributed by atoms with Crippen LogP contribution in [-0.2, 0) is 0 Å². The second-order valence-corrected chi connectivity index (χ2v) is 8.44. The van der Waals surface area contributed by atoms with Crippen molar-refractivity contribution in [2.24, 2.45) is 0 Å². The summed E-state index contributed by atoms with van der Waals surface area (Å²) in [6.45, 7) is 14.2. The average Bonchev–Trinajstić information content (AvgIpc) is 2.84. The molecule has 1 aliphatic heterocycles. The van der Waals surface area contributed by atoms with Crippen LogP contribution in [0, 0.1) is 17.0 Å². The number of hydrogen-bond acceptors (Lipinski definition) is 4. The Morgan fingerprint density at radius 3 is 2.21 bits per heavy atom. The van der Waals surface area contributed by atoms with Gasteiger partial charge in [-0.05, 0) is 70.0 Å². The lowest BCUT2D eigenvalue weighted by molar-refractivity contribution is -0.384. The van der Waals surface area contributed by atoms with Gasteiger partial charge in [0.2, 0.25) is 5.36 Å². The van der Waals surface area contributed by atoms with Gasteiger partial charge in [0.05, 0.1) is 11.0 Å². The third-order valence-electron chi connectivity index (χ3n) is 6.64. The van der Waals surface area contributed by atoms with Gasteiger partial charge in [0.15, 0.2) is 0 Å². The van der Waals surface area contributed by atoms with Gasteiger partial charge in [-0.3, -0.25) is 10.1 Å². The Hall–Kier alpha value is -3.67. The van der Waals surface area contributed by atoms with Gasteiger partial charge < -0.3 is 9.32 Å². The Balaban J connectivity index is 2.09. The van der Waals surface area contributed by atoms with Crippen LogP contribution in [0.25, 0.3) is 33.4 Å². The van der Waals surface area contributed by atoms with Gasteiger partial charge in [-0.25, -0.2) is 4.58 Å². The molecule has 2 aliphatic rings. The average molecular weight is 459 g/mol. The summed E-state index contributed by atoms with van der Waals surface area (Å²) in [6.07, 6.45) is 0. The molecule has 0 amide bonds. The Bertz CT molecular complexity index is 1390. The number of aryl methyl sites for hydroxylation is 1. The standard InChI is InChI=1S/C28H32N3O3/c1-6-29(7-2)20-10-14-24-26(17-20)34-27-18-21(30(8-3)9-4)11-15-25(27)28(24)23-13-12-22(31(32)33)16-19(23)5/h10-18H,6-9H2,1-5H3/q+1. The predicted molar refractivity (Wildman–Crippen MR) is 140 cm³/mol. The SMILES string of the molecule is CCN(CC)c1ccc2c(-c3ccc([N+](=O)[O-])cc3C)c3ccc(=[N+](CC)CC)cc-3oc2c1. The maximum Gasteiger partial charge on any atom is 0.269 e. The lowest BCUT2D eigenvalue weighted by Gasteiger charge is -2.22. The second kappa shape index (κ2) is 9.67. The number of rotatable bonds is 7. The topological polar surface area (TPSA) is 62.5 Å². The van der Waals surface area contributed by atoms with Crippen molar-refractivity contribution < 1.29 is 9.34 Å². The third kappa shape index (κ3) is 4.16. The lowest BCUT2D eigenvalue weighted by atomic mass is 9.91. The largest absolute Gasteiger partial charge is 0.456 e. The van der Waals surface area contributed by atoms with Crippen LogP contribution >= 0.6 is 0 Å². The lowest BCUT2D eigenvalue weighted by Crippen LogP contribution is -2.29. The van der Waals surface area contributed by atoms with Crippen LogP contribution < -0.4 is 14.8 Å². The summed E-state index contributed by atoms with van der Waals surface area (Å²) < 4.78 is 8.80. The molecule has 0 unspecified atom stereocenters. The Kier molecular flexibility index (Phi) is 6.68. The van der Waals surface area contributed by atoms with Gasteiger partial charge in [0, 0.05) is 59.6 Å². The highest BCUT2D eigenvalue weighted by Gasteiger charge is 2.21. The first-order valence-electron chi connectivity index (χ1n) is 12.0. The molecule has 0 bridgehead atoms. The zero-order valence-electron chi connectivity index (χ0n) is 20.6. The molecule has 1 heterocycles. The van der Waals surface area contributed by atoms with E-state index in [1.807, 2.05) is 13.0 Å². The number of anilines is 1. The first-order chi connectivity index (χ1) is 16.4. The molecule has 0 saturated carbocycles. The summed E-state index contributed by atoms with van der Waals surface area (Å²) in [5, 5.41) is 13.4. The number of nitro benzene ring substituents is 1. The number of non-ortho nitro benzene ring substituents is 1. The monoisotopic (exact) mass is 458 g/mol. The molecule has 176 valence electrons. The maximum atomic E-state index is 11.3. The fourth-order valence-corrected chi connectivity index (χ4v) is 4.77. The Labute approximate surface area is 200 Å². The van der Waals surface area contributed by atoms with Gasteiger partial charge in [-0.2, -0.15) is 0 Å². The second-order valence-electron chi connectivity index (χ2n) is 8.44. The van der Waals surface area contributed by atoms with Crippen molar-refractivity contribution in [3.05, 3.63) is 75.6 Å². The molecule has 4 rings (SSSR count). The first kappa shape index (κ1) is 23.5. The molecule has 0 spiro atoms. The predicted octanol–water partition coefficient (Wildman–Crippen LogP) is 6.08. The molecular weight excluding hydrogens is 426 g/mol.